The van der Waals surface area contributed by atoms with Gasteiger partial charge in [0.25, 0.3) is 5.89 Å². The quantitative estimate of drug-likeness (QED) is 0.722. The van der Waals surface area contributed by atoms with Crippen LogP contribution < -0.4 is 0 Å². The van der Waals surface area contributed by atoms with Crippen molar-refractivity contribution >= 4 is 0 Å². The Bertz CT molecular complexity index is 756. The molecule has 0 unspecified atom stereocenters. The molecule has 3 rings (SSSR count). The molecule has 2 aromatic heterocycles. The Balaban J connectivity index is 1.92. The van der Waals surface area contributed by atoms with E-state index in [1.807, 2.05) is 0 Å². The van der Waals surface area contributed by atoms with Crippen LogP contribution >= 0.6 is 0 Å². The highest BCUT2D eigenvalue weighted by atomic mass is 19.4. The summed E-state index contributed by atoms with van der Waals surface area (Å²) >= 11 is 0. The van der Waals surface area contributed by atoms with Crippen LogP contribution in [0.4, 0.5) is 13.2 Å². The van der Waals surface area contributed by atoms with E-state index in [2.05, 4.69) is 9.97 Å². The van der Waals surface area contributed by atoms with Crippen molar-refractivity contribution in [3.05, 3.63) is 48.4 Å². The lowest BCUT2D eigenvalue weighted by atomic mass is 10.1. The molecule has 0 atom stereocenters. The van der Waals surface area contributed by atoms with Crippen molar-refractivity contribution in [3.63, 3.8) is 0 Å². The zero-order valence-electron chi connectivity index (χ0n) is 10.9. The van der Waals surface area contributed by atoms with Crippen molar-refractivity contribution in [1.29, 1.82) is 0 Å². The van der Waals surface area contributed by atoms with E-state index in [1.54, 1.807) is 24.0 Å². The zero-order valence-corrected chi connectivity index (χ0v) is 10.9. The molecular formula is C14H10F3N3O. The predicted octanol–water partition coefficient (Wildman–Crippen LogP) is 3.76. The van der Waals surface area contributed by atoms with E-state index < -0.39 is 11.7 Å². The van der Waals surface area contributed by atoms with Crippen LogP contribution in [0.2, 0.25) is 0 Å². The van der Waals surface area contributed by atoms with Gasteiger partial charge in [-0.25, -0.2) is 9.97 Å². The maximum Gasteiger partial charge on any atom is 0.416 e. The van der Waals surface area contributed by atoms with Crippen LogP contribution in [-0.2, 0) is 13.2 Å². The van der Waals surface area contributed by atoms with Gasteiger partial charge in [0, 0.05) is 25.0 Å². The molecular weight excluding hydrogens is 283 g/mol. The van der Waals surface area contributed by atoms with Gasteiger partial charge in [-0.05, 0) is 12.1 Å². The molecule has 0 fully saturated rings. The molecule has 108 valence electrons. The van der Waals surface area contributed by atoms with Crippen molar-refractivity contribution < 1.29 is 17.6 Å². The third-order valence-corrected chi connectivity index (χ3v) is 3.01. The van der Waals surface area contributed by atoms with E-state index in [1.165, 1.54) is 18.3 Å². The fourth-order valence-electron chi connectivity index (χ4n) is 1.91. The van der Waals surface area contributed by atoms with Crippen LogP contribution in [0.5, 0.6) is 0 Å². The van der Waals surface area contributed by atoms with Gasteiger partial charge in [0.15, 0.2) is 11.6 Å². The highest BCUT2D eigenvalue weighted by Gasteiger charge is 2.30. The van der Waals surface area contributed by atoms with Crippen molar-refractivity contribution in [1.82, 2.24) is 14.5 Å². The second-order valence-corrected chi connectivity index (χ2v) is 4.47. The molecule has 0 spiro atoms. The number of halogens is 3. The number of benzene rings is 1. The van der Waals surface area contributed by atoms with Gasteiger partial charge in [-0.2, -0.15) is 13.2 Å². The van der Waals surface area contributed by atoms with E-state index in [-0.39, 0.29) is 0 Å². The number of hydrogen-bond acceptors (Lipinski definition) is 3. The fraction of sp³-hybridized carbons (Fsp3) is 0.143. The van der Waals surface area contributed by atoms with Gasteiger partial charge in [0.1, 0.15) is 0 Å². The summed E-state index contributed by atoms with van der Waals surface area (Å²) in [6, 6.07) is 4.73. The first-order valence-corrected chi connectivity index (χ1v) is 6.06. The molecule has 0 bridgehead atoms. The van der Waals surface area contributed by atoms with Crippen molar-refractivity contribution in [2.24, 2.45) is 7.05 Å². The van der Waals surface area contributed by atoms with Gasteiger partial charge in [-0.15, -0.1) is 0 Å². The Labute approximate surface area is 117 Å². The first kappa shape index (κ1) is 13.4. The molecule has 21 heavy (non-hydrogen) atoms. The first-order valence-electron chi connectivity index (χ1n) is 6.06. The molecule has 3 aromatic rings. The Morgan fingerprint density at radius 3 is 2.38 bits per heavy atom. The Morgan fingerprint density at radius 1 is 1.10 bits per heavy atom. The molecule has 4 nitrogen and oxygen atoms in total. The molecule has 2 heterocycles. The summed E-state index contributed by atoms with van der Waals surface area (Å²) in [6.07, 6.45) is 0.472. The summed E-state index contributed by atoms with van der Waals surface area (Å²) in [5, 5.41) is 0. The summed E-state index contributed by atoms with van der Waals surface area (Å²) < 4.78 is 44.8. The van der Waals surface area contributed by atoms with Crippen molar-refractivity contribution in [3.8, 4) is 23.0 Å². The minimum Gasteiger partial charge on any atom is -0.434 e. The van der Waals surface area contributed by atoms with Crippen LogP contribution in [0.15, 0.2) is 47.3 Å². The molecule has 1 aromatic carbocycles. The summed E-state index contributed by atoms with van der Waals surface area (Å²) in [5.74, 6) is 1.26. The molecule has 0 aliphatic carbocycles. The van der Waals surface area contributed by atoms with Crippen LogP contribution in [0.3, 0.4) is 0 Å². The van der Waals surface area contributed by atoms with Crippen molar-refractivity contribution in [2.45, 2.75) is 6.18 Å². The van der Waals surface area contributed by atoms with E-state index >= 15 is 0 Å². The number of aryl methyl sites for hydroxylation is 1. The lowest BCUT2D eigenvalue weighted by Crippen LogP contribution is -2.03. The molecule has 0 aliphatic rings. The van der Waals surface area contributed by atoms with E-state index in [4.69, 9.17) is 4.42 Å². The third-order valence-electron chi connectivity index (χ3n) is 3.01. The standard InChI is InChI=1S/C14H10F3N3O/c1-20-7-6-18-12(20)13-19-8-11(21-13)9-2-4-10(5-3-9)14(15,16)17/h2-8H,1H3. The maximum atomic E-state index is 12.5. The van der Waals surface area contributed by atoms with E-state index in [9.17, 15) is 13.2 Å². The Morgan fingerprint density at radius 2 is 1.81 bits per heavy atom. The molecule has 0 aliphatic heterocycles. The second kappa shape index (κ2) is 4.76. The van der Waals surface area contributed by atoms with E-state index in [0.29, 0.717) is 23.0 Å². The fourth-order valence-corrected chi connectivity index (χ4v) is 1.91. The van der Waals surface area contributed by atoms with Gasteiger partial charge in [-0.3, -0.25) is 0 Å². The van der Waals surface area contributed by atoms with E-state index in [0.717, 1.165) is 12.1 Å². The average molecular weight is 293 g/mol. The summed E-state index contributed by atoms with van der Waals surface area (Å²) in [5.41, 5.74) is -0.175. The van der Waals surface area contributed by atoms with Crippen LogP contribution in [0.25, 0.3) is 23.0 Å². The molecule has 7 heteroatoms. The summed E-state index contributed by atoms with van der Waals surface area (Å²) in [7, 11) is 1.80. The topological polar surface area (TPSA) is 43.9 Å². The SMILES string of the molecule is Cn1ccnc1-c1ncc(-c2ccc(C(F)(F)F)cc2)o1. The average Bonchev–Trinajstić information content (AvgIpc) is 3.06. The lowest BCUT2D eigenvalue weighted by molar-refractivity contribution is -0.137. The van der Waals surface area contributed by atoms with Crippen LogP contribution in [0.1, 0.15) is 5.56 Å². The van der Waals surface area contributed by atoms with Crippen LogP contribution in [-0.4, -0.2) is 14.5 Å². The van der Waals surface area contributed by atoms with Crippen molar-refractivity contribution in [2.75, 3.05) is 0 Å². The lowest BCUT2D eigenvalue weighted by Gasteiger charge is -2.06. The zero-order chi connectivity index (χ0) is 15.0. The van der Waals surface area contributed by atoms with Gasteiger partial charge in [0.05, 0.1) is 11.8 Å². The summed E-state index contributed by atoms with van der Waals surface area (Å²) in [4.78, 5) is 8.19. The molecule has 0 saturated heterocycles. The molecule has 0 radical (unpaired) electrons. The smallest absolute Gasteiger partial charge is 0.416 e. The Hall–Kier alpha value is -2.57. The van der Waals surface area contributed by atoms with Gasteiger partial charge < -0.3 is 8.98 Å². The number of alkyl halides is 3. The third kappa shape index (κ3) is 2.54. The predicted molar refractivity (Wildman–Crippen MR) is 69.1 cm³/mol. The highest BCUT2D eigenvalue weighted by Crippen LogP contribution is 2.31. The monoisotopic (exact) mass is 293 g/mol. The normalized spacial score (nSPS) is 11.8. The number of oxazole rings is 1. The molecule has 0 N–H and O–H groups in total. The van der Waals surface area contributed by atoms with Gasteiger partial charge in [0.2, 0.25) is 0 Å². The number of nitrogens with zero attached hydrogens (tertiary/aromatic N) is 3. The number of hydrogen-bond donors (Lipinski definition) is 0. The largest absolute Gasteiger partial charge is 0.434 e. The van der Waals surface area contributed by atoms with Gasteiger partial charge in [-0.1, -0.05) is 12.1 Å². The summed E-state index contributed by atoms with van der Waals surface area (Å²) in [6.45, 7) is 0. The molecule has 0 amide bonds. The minimum absolute atomic E-state index is 0.317. The number of rotatable bonds is 2. The highest BCUT2D eigenvalue weighted by molar-refractivity contribution is 5.59. The minimum atomic E-state index is -4.35. The Kier molecular flexibility index (Phi) is 3.04. The first-order chi connectivity index (χ1) is 9.95. The molecule has 0 saturated carbocycles. The van der Waals surface area contributed by atoms with Crippen LogP contribution in [0, 0.1) is 0 Å². The number of aromatic nitrogens is 3. The second-order valence-electron chi connectivity index (χ2n) is 4.47. The van der Waals surface area contributed by atoms with Gasteiger partial charge >= 0.3 is 6.18 Å². The number of imidazole rings is 1. The maximum absolute atomic E-state index is 12.5.